The second-order valence-electron chi connectivity index (χ2n) is 4.94. The number of benzene rings is 1. The Morgan fingerprint density at radius 2 is 2.12 bits per heavy atom. The van der Waals surface area contributed by atoms with Crippen molar-refractivity contribution in [2.24, 2.45) is 5.73 Å². The van der Waals surface area contributed by atoms with Gasteiger partial charge in [-0.1, -0.05) is 6.07 Å². The second kappa shape index (κ2) is 4.35. The number of hydrogen-bond donors (Lipinski definition) is 2. The zero-order chi connectivity index (χ0) is 12.6. The van der Waals surface area contributed by atoms with Crippen LogP contribution in [0.1, 0.15) is 36.8 Å². The molecule has 1 aliphatic carbocycles. The standard InChI is InChI=1S/C13H17F2NO/c1-8-4-5-10(14)11(12(8)15)13(17)6-2-3-9(16)7-13/h4-5,9,17H,2-3,6-7,16H2,1H3. The molecule has 4 heteroatoms. The predicted octanol–water partition coefficient (Wildman–Crippen LogP) is 2.36. The van der Waals surface area contributed by atoms with Crippen molar-refractivity contribution in [3.63, 3.8) is 0 Å². The van der Waals surface area contributed by atoms with Crippen LogP contribution in [0.5, 0.6) is 0 Å². The lowest BCUT2D eigenvalue weighted by molar-refractivity contribution is -0.0134. The van der Waals surface area contributed by atoms with E-state index >= 15 is 0 Å². The minimum Gasteiger partial charge on any atom is -0.385 e. The van der Waals surface area contributed by atoms with Crippen molar-refractivity contribution in [2.75, 3.05) is 0 Å². The van der Waals surface area contributed by atoms with E-state index in [0.717, 1.165) is 6.42 Å². The van der Waals surface area contributed by atoms with Crippen molar-refractivity contribution < 1.29 is 13.9 Å². The molecule has 0 aliphatic heterocycles. The molecule has 2 rings (SSSR count). The number of aryl methyl sites for hydroxylation is 1. The highest BCUT2D eigenvalue weighted by molar-refractivity contribution is 5.32. The topological polar surface area (TPSA) is 46.2 Å². The third kappa shape index (κ3) is 2.19. The van der Waals surface area contributed by atoms with E-state index in [0.29, 0.717) is 18.4 Å². The summed E-state index contributed by atoms with van der Waals surface area (Å²) in [5, 5.41) is 10.4. The van der Waals surface area contributed by atoms with Gasteiger partial charge < -0.3 is 10.8 Å². The molecule has 2 nitrogen and oxygen atoms in total. The summed E-state index contributed by atoms with van der Waals surface area (Å²) in [6.07, 6.45) is 2.05. The highest BCUT2D eigenvalue weighted by atomic mass is 19.1. The number of aliphatic hydroxyl groups is 1. The summed E-state index contributed by atoms with van der Waals surface area (Å²) >= 11 is 0. The molecule has 3 N–H and O–H groups in total. The first kappa shape index (κ1) is 12.5. The van der Waals surface area contributed by atoms with Crippen LogP contribution < -0.4 is 5.73 Å². The van der Waals surface area contributed by atoms with Crippen LogP contribution in [0.25, 0.3) is 0 Å². The molecule has 0 heterocycles. The van der Waals surface area contributed by atoms with Gasteiger partial charge in [-0.2, -0.15) is 0 Å². The Kier molecular flexibility index (Phi) is 3.19. The fraction of sp³-hybridized carbons (Fsp3) is 0.538. The van der Waals surface area contributed by atoms with Crippen molar-refractivity contribution in [2.45, 2.75) is 44.2 Å². The average Bonchev–Trinajstić information content (AvgIpc) is 2.23. The highest BCUT2D eigenvalue weighted by Crippen LogP contribution is 2.39. The van der Waals surface area contributed by atoms with Crippen molar-refractivity contribution in [1.29, 1.82) is 0 Å². The Morgan fingerprint density at radius 1 is 1.41 bits per heavy atom. The molecule has 2 atom stereocenters. The van der Waals surface area contributed by atoms with E-state index < -0.39 is 17.2 Å². The molecule has 1 aliphatic rings. The first-order chi connectivity index (χ1) is 7.94. The maximum absolute atomic E-state index is 14.0. The van der Waals surface area contributed by atoms with E-state index in [2.05, 4.69) is 0 Å². The third-order valence-corrected chi connectivity index (χ3v) is 3.51. The van der Waals surface area contributed by atoms with E-state index in [1.54, 1.807) is 6.92 Å². The molecule has 1 aromatic carbocycles. The van der Waals surface area contributed by atoms with Gasteiger partial charge in [-0.3, -0.25) is 0 Å². The van der Waals surface area contributed by atoms with Crippen molar-refractivity contribution in [3.8, 4) is 0 Å². The maximum atomic E-state index is 14.0. The van der Waals surface area contributed by atoms with Gasteiger partial charge in [-0.15, -0.1) is 0 Å². The van der Waals surface area contributed by atoms with Crippen LogP contribution in [-0.2, 0) is 5.60 Å². The molecule has 0 aromatic heterocycles. The van der Waals surface area contributed by atoms with Gasteiger partial charge in [0.1, 0.15) is 11.6 Å². The molecule has 0 bridgehead atoms. The van der Waals surface area contributed by atoms with Gasteiger partial charge in [-0.05, 0) is 44.2 Å². The van der Waals surface area contributed by atoms with Gasteiger partial charge in [0.2, 0.25) is 0 Å². The van der Waals surface area contributed by atoms with Gasteiger partial charge in [-0.25, -0.2) is 8.78 Å². The summed E-state index contributed by atoms with van der Waals surface area (Å²) in [6, 6.07) is 2.37. The summed E-state index contributed by atoms with van der Waals surface area (Å²) in [5.41, 5.74) is 4.45. The fourth-order valence-electron chi connectivity index (χ4n) is 2.60. The maximum Gasteiger partial charge on any atom is 0.135 e. The Morgan fingerprint density at radius 3 is 2.76 bits per heavy atom. The first-order valence-corrected chi connectivity index (χ1v) is 5.87. The van der Waals surface area contributed by atoms with Crippen molar-refractivity contribution >= 4 is 0 Å². The smallest absolute Gasteiger partial charge is 0.135 e. The van der Waals surface area contributed by atoms with Gasteiger partial charge in [0, 0.05) is 6.04 Å². The van der Waals surface area contributed by atoms with Crippen LogP contribution in [0.2, 0.25) is 0 Å². The van der Waals surface area contributed by atoms with Gasteiger partial charge in [0.15, 0.2) is 0 Å². The summed E-state index contributed by atoms with van der Waals surface area (Å²) in [6.45, 7) is 1.56. The highest BCUT2D eigenvalue weighted by Gasteiger charge is 2.39. The summed E-state index contributed by atoms with van der Waals surface area (Å²) < 4.78 is 27.7. The van der Waals surface area contributed by atoms with Gasteiger partial charge in [0.05, 0.1) is 11.2 Å². The molecule has 0 amide bonds. The molecular weight excluding hydrogens is 224 g/mol. The van der Waals surface area contributed by atoms with Crippen LogP contribution in [0.3, 0.4) is 0 Å². The largest absolute Gasteiger partial charge is 0.385 e. The Hall–Kier alpha value is -1.00. The van der Waals surface area contributed by atoms with Crippen LogP contribution in [0.4, 0.5) is 8.78 Å². The number of halogens is 2. The molecule has 1 saturated carbocycles. The van der Waals surface area contributed by atoms with E-state index in [9.17, 15) is 13.9 Å². The SMILES string of the molecule is Cc1ccc(F)c(C2(O)CCCC(N)C2)c1F. The van der Waals surface area contributed by atoms with Crippen LogP contribution in [-0.4, -0.2) is 11.1 Å². The first-order valence-electron chi connectivity index (χ1n) is 5.87. The third-order valence-electron chi connectivity index (χ3n) is 3.51. The molecule has 0 spiro atoms. The summed E-state index contributed by atoms with van der Waals surface area (Å²) in [7, 11) is 0. The van der Waals surface area contributed by atoms with Crippen molar-refractivity contribution in [3.05, 3.63) is 34.9 Å². The molecule has 0 radical (unpaired) electrons. The minimum absolute atomic E-state index is 0.201. The van der Waals surface area contributed by atoms with E-state index in [1.165, 1.54) is 12.1 Å². The molecule has 1 aromatic rings. The quantitative estimate of drug-likeness (QED) is 0.793. The number of nitrogens with two attached hydrogens (primary N) is 1. The Bertz CT molecular complexity index is 436. The van der Waals surface area contributed by atoms with E-state index in [-0.39, 0.29) is 18.0 Å². The van der Waals surface area contributed by atoms with Crippen LogP contribution in [0.15, 0.2) is 12.1 Å². The summed E-state index contributed by atoms with van der Waals surface area (Å²) in [5.74, 6) is -1.34. The molecule has 94 valence electrons. The zero-order valence-electron chi connectivity index (χ0n) is 9.84. The van der Waals surface area contributed by atoms with Gasteiger partial charge in [0.25, 0.3) is 0 Å². The normalized spacial score (nSPS) is 29.4. The lowest BCUT2D eigenvalue weighted by Gasteiger charge is -2.36. The predicted molar refractivity (Wildman–Crippen MR) is 61.4 cm³/mol. The monoisotopic (exact) mass is 241 g/mol. The van der Waals surface area contributed by atoms with Gasteiger partial charge >= 0.3 is 0 Å². The lowest BCUT2D eigenvalue weighted by atomic mass is 9.77. The molecule has 2 unspecified atom stereocenters. The number of hydrogen-bond acceptors (Lipinski definition) is 2. The Labute approximate surface area is 99.4 Å². The van der Waals surface area contributed by atoms with E-state index in [4.69, 9.17) is 5.73 Å². The number of rotatable bonds is 1. The molecular formula is C13H17F2NO. The molecule has 1 fully saturated rings. The molecule has 17 heavy (non-hydrogen) atoms. The second-order valence-corrected chi connectivity index (χ2v) is 4.94. The Balaban J connectivity index is 2.48. The molecule has 0 saturated heterocycles. The minimum atomic E-state index is -1.46. The van der Waals surface area contributed by atoms with Crippen LogP contribution >= 0.6 is 0 Å². The summed E-state index contributed by atoms with van der Waals surface area (Å²) in [4.78, 5) is 0. The van der Waals surface area contributed by atoms with Crippen LogP contribution in [0, 0.1) is 18.6 Å². The fourth-order valence-corrected chi connectivity index (χ4v) is 2.60. The van der Waals surface area contributed by atoms with Crippen molar-refractivity contribution in [1.82, 2.24) is 0 Å². The average molecular weight is 241 g/mol. The van der Waals surface area contributed by atoms with E-state index in [1.807, 2.05) is 0 Å². The lowest BCUT2D eigenvalue weighted by Crippen LogP contribution is -2.40. The zero-order valence-corrected chi connectivity index (χ0v) is 9.84.